The van der Waals surface area contributed by atoms with Crippen molar-refractivity contribution in [2.75, 3.05) is 11.9 Å². The lowest BCUT2D eigenvalue weighted by molar-refractivity contribution is 0.282. The molecule has 0 saturated carbocycles. The van der Waals surface area contributed by atoms with Gasteiger partial charge in [0.15, 0.2) is 0 Å². The average molecular weight is 318 g/mol. The fourth-order valence-corrected chi connectivity index (χ4v) is 3.02. The van der Waals surface area contributed by atoms with Gasteiger partial charge in [0.2, 0.25) is 0 Å². The third kappa shape index (κ3) is 2.61. The molecule has 0 amide bonds. The lowest BCUT2D eigenvalue weighted by Crippen LogP contribution is -2.19. The maximum absolute atomic E-state index is 9.72. The van der Waals surface area contributed by atoms with Crippen molar-refractivity contribution in [3.63, 3.8) is 0 Å². The van der Waals surface area contributed by atoms with E-state index in [2.05, 4.69) is 0 Å². The minimum Gasteiger partial charge on any atom is -0.459 e. The zero-order valence-electron chi connectivity index (χ0n) is 13.4. The Hall–Kier alpha value is -2.85. The van der Waals surface area contributed by atoms with Crippen molar-refractivity contribution in [3.05, 3.63) is 72.0 Å². The van der Waals surface area contributed by atoms with Gasteiger partial charge in [0.05, 0.1) is 18.7 Å². The van der Waals surface area contributed by atoms with E-state index in [1.807, 2.05) is 72.6 Å². The Morgan fingerprint density at radius 1 is 1.00 bits per heavy atom. The number of para-hydroxylation sites is 2. The molecule has 0 aliphatic carbocycles. The van der Waals surface area contributed by atoms with E-state index in [-0.39, 0.29) is 6.61 Å². The number of fused-ring (bicyclic) bond motifs is 2. The summed E-state index contributed by atoms with van der Waals surface area (Å²) in [5.74, 6) is 1.65. The maximum atomic E-state index is 9.72. The summed E-state index contributed by atoms with van der Waals surface area (Å²) in [5, 5.41) is 11.8. The molecule has 4 aromatic rings. The largest absolute Gasteiger partial charge is 0.459 e. The number of benzene rings is 2. The fourth-order valence-electron chi connectivity index (χ4n) is 3.02. The first-order valence-corrected chi connectivity index (χ1v) is 7.93. The molecule has 24 heavy (non-hydrogen) atoms. The van der Waals surface area contributed by atoms with Crippen LogP contribution in [0.15, 0.2) is 65.1 Å². The van der Waals surface area contributed by atoms with Crippen LogP contribution in [-0.2, 0) is 13.2 Å². The number of hydrogen-bond acceptors (Lipinski definition) is 4. The molecular weight excluding hydrogens is 300 g/mol. The van der Waals surface area contributed by atoms with Gasteiger partial charge in [-0.2, -0.15) is 0 Å². The van der Waals surface area contributed by atoms with Crippen LogP contribution in [0.1, 0.15) is 11.3 Å². The number of nitrogens with zero attached hydrogens (tertiary/aromatic N) is 2. The lowest BCUT2D eigenvalue weighted by atomic mass is 10.1. The second-order valence-electron chi connectivity index (χ2n) is 5.93. The zero-order valence-corrected chi connectivity index (χ0v) is 13.4. The number of hydrogen-bond donors (Lipinski definition) is 1. The highest BCUT2D eigenvalue weighted by molar-refractivity contribution is 5.82. The van der Waals surface area contributed by atoms with Crippen LogP contribution in [0, 0.1) is 0 Å². The SMILES string of the molecule is CN(Cc1cc2ccccc2o1)c1nc2ccccc2cc1CO. The first kappa shape index (κ1) is 14.7. The summed E-state index contributed by atoms with van der Waals surface area (Å²) >= 11 is 0. The molecule has 0 aliphatic heterocycles. The van der Waals surface area contributed by atoms with Crippen molar-refractivity contribution in [3.8, 4) is 0 Å². The number of furan rings is 1. The van der Waals surface area contributed by atoms with Gasteiger partial charge in [0.25, 0.3) is 0 Å². The molecule has 2 aromatic carbocycles. The average Bonchev–Trinajstić information content (AvgIpc) is 3.02. The first-order chi connectivity index (χ1) is 11.7. The number of aliphatic hydroxyl groups is 1. The molecule has 0 atom stereocenters. The molecule has 0 aliphatic rings. The molecule has 4 nitrogen and oxygen atoms in total. The Labute approximate surface area is 140 Å². The van der Waals surface area contributed by atoms with Gasteiger partial charge < -0.3 is 14.4 Å². The van der Waals surface area contributed by atoms with Gasteiger partial charge in [-0.15, -0.1) is 0 Å². The molecule has 0 unspecified atom stereocenters. The number of rotatable bonds is 4. The Morgan fingerprint density at radius 2 is 1.75 bits per heavy atom. The molecule has 4 heteroatoms. The maximum Gasteiger partial charge on any atom is 0.134 e. The predicted octanol–water partition coefficient (Wildman–Crippen LogP) is 4.11. The Balaban J connectivity index is 1.70. The van der Waals surface area contributed by atoms with Crippen LogP contribution >= 0.6 is 0 Å². The van der Waals surface area contributed by atoms with Crippen LogP contribution in [0.5, 0.6) is 0 Å². The van der Waals surface area contributed by atoms with Crippen LogP contribution in [-0.4, -0.2) is 17.1 Å². The van der Waals surface area contributed by atoms with E-state index in [9.17, 15) is 5.11 Å². The van der Waals surface area contributed by atoms with Gasteiger partial charge in [-0.25, -0.2) is 4.98 Å². The molecule has 2 aromatic heterocycles. The van der Waals surface area contributed by atoms with Gasteiger partial charge in [-0.05, 0) is 24.3 Å². The molecule has 0 saturated heterocycles. The van der Waals surface area contributed by atoms with Gasteiger partial charge in [-0.1, -0.05) is 36.4 Å². The first-order valence-electron chi connectivity index (χ1n) is 7.93. The summed E-state index contributed by atoms with van der Waals surface area (Å²) in [6, 6.07) is 19.9. The van der Waals surface area contributed by atoms with E-state index in [1.54, 1.807) is 0 Å². The molecule has 0 radical (unpaired) electrons. The smallest absolute Gasteiger partial charge is 0.134 e. The number of pyridine rings is 1. The van der Waals surface area contributed by atoms with Crippen LogP contribution in [0.2, 0.25) is 0 Å². The molecule has 4 rings (SSSR count). The number of aromatic nitrogens is 1. The van der Waals surface area contributed by atoms with Crippen molar-refractivity contribution in [2.24, 2.45) is 0 Å². The summed E-state index contributed by atoms with van der Waals surface area (Å²) in [7, 11) is 1.96. The van der Waals surface area contributed by atoms with Crippen molar-refractivity contribution >= 4 is 27.7 Å². The van der Waals surface area contributed by atoms with Crippen molar-refractivity contribution in [2.45, 2.75) is 13.2 Å². The van der Waals surface area contributed by atoms with Crippen LogP contribution in [0.4, 0.5) is 5.82 Å². The molecule has 1 N–H and O–H groups in total. The van der Waals surface area contributed by atoms with Gasteiger partial charge in [0, 0.05) is 23.4 Å². The van der Waals surface area contributed by atoms with E-state index < -0.39 is 0 Å². The Kier molecular flexibility index (Phi) is 3.67. The summed E-state index contributed by atoms with van der Waals surface area (Å²) in [6.45, 7) is 0.546. The lowest BCUT2D eigenvalue weighted by Gasteiger charge is -2.20. The zero-order chi connectivity index (χ0) is 16.5. The Bertz CT molecular complexity index is 974. The highest BCUT2D eigenvalue weighted by atomic mass is 16.3. The topological polar surface area (TPSA) is 49.5 Å². The standard InChI is InChI=1S/C20H18N2O2/c1-22(12-17-11-15-7-3-5-9-19(15)24-17)20-16(13-23)10-14-6-2-4-8-18(14)21-20/h2-11,23H,12-13H2,1H3. The van der Waals surface area contributed by atoms with E-state index in [4.69, 9.17) is 9.40 Å². The second kappa shape index (κ2) is 5.98. The van der Waals surface area contributed by atoms with Gasteiger partial charge in [-0.3, -0.25) is 0 Å². The summed E-state index contributed by atoms with van der Waals surface area (Å²) in [6.07, 6.45) is 0. The van der Waals surface area contributed by atoms with Crippen LogP contribution in [0.3, 0.4) is 0 Å². The monoisotopic (exact) mass is 318 g/mol. The number of anilines is 1. The Morgan fingerprint density at radius 3 is 2.54 bits per heavy atom. The van der Waals surface area contributed by atoms with Gasteiger partial charge in [0.1, 0.15) is 17.2 Å². The fraction of sp³-hybridized carbons (Fsp3) is 0.150. The highest BCUT2D eigenvalue weighted by Crippen LogP contribution is 2.26. The molecule has 0 bridgehead atoms. The van der Waals surface area contributed by atoms with E-state index >= 15 is 0 Å². The van der Waals surface area contributed by atoms with Crippen LogP contribution < -0.4 is 4.90 Å². The van der Waals surface area contributed by atoms with Crippen molar-refractivity contribution in [1.82, 2.24) is 4.98 Å². The summed E-state index contributed by atoms with van der Waals surface area (Å²) in [4.78, 5) is 6.73. The van der Waals surface area contributed by atoms with E-state index in [0.717, 1.165) is 39.0 Å². The molecule has 0 spiro atoms. The molecular formula is C20H18N2O2. The van der Waals surface area contributed by atoms with E-state index in [1.165, 1.54) is 0 Å². The predicted molar refractivity (Wildman–Crippen MR) is 96.0 cm³/mol. The number of aliphatic hydroxyl groups excluding tert-OH is 1. The highest BCUT2D eigenvalue weighted by Gasteiger charge is 2.13. The van der Waals surface area contributed by atoms with Crippen molar-refractivity contribution < 1.29 is 9.52 Å². The van der Waals surface area contributed by atoms with Gasteiger partial charge >= 0.3 is 0 Å². The van der Waals surface area contributed by atoms with E-state index in [0.29, 0.717) is 6.54 Å². The third-order valence-electron chi connectivity index (χ3n) is 4.18. The molecule has 2 heterocycles. The summed E-state index contributed by atoms with van der Waals surface area (Å²) < 4.78 is 5.89. The molecule has 0 fully saturated rings. The minimum absolute atomic E-state index is 0.0440. The van der Waals surface area contributed by atoms with Crippen molar-refractivity contribution in [1.29, 1.82) is 0 Å². The third-order valence-corrected chi connectivity index (χ3v) is 4.18. The normalized spacial score (nSPS) is 11.2. The summed E-state index contributed by atoms with van der Waals surface area (Å²) in [5.41, 5.74) is 2.61. The van der Waals surface area contributed by atoms with Crippen LogP contribution in [0.25, 0.3) is 21.9 Å². The second-order valence-corrected chi connectivity index (χ2v) is 5.93. The molecule has 120 valence electrons. The minimum atomic E-state index is -0.0440. The quantitative estimate of drug-likeness (QED) is 0.615.